The maximum atomic E-state index is 13.4. The summed E-state index contributed by atoms with van der Waals surface area (Å²) in [7, 11) is 0. The third kappa shape index (κ3) is 5.42. The van der Waals surface area contributed by atoms with Gasteiger partial charge in [-0.25, -0.2) is 9.38 Å². The van der Waals surface area contributed by atoms with Crippen molar-refractivity contribution in [3.8, 4) is 0 Å². The molecule has 0 aliphatic carbocycles. The molecule has 1 heterocycles. The summed E-state index contributed by atoms with van der Waals surface area (Å²) in [6.45, 7) is 3.74. The number of benzene rings is 1. The van der Waals surface area contributed by atoms with Crippen LogP contribution in [-0.4, -0.2) is 37.3 Å². The molecule has 1 aliphatic rings. The van der Waals surface area contributed by atoms with Crippen LogP contribution < -0.4 is 16.0 Å². The summed E-state index contributed by atoms with van der Waals surface area (Å²) in [5, 5.41) is 9.35. The van der Waals surface area contributed by atoms with Crippen molar-refractivity contribution in [2.75, 3.05) is 19.3 Å². The molecule has 1 aliphatic heterocycles. The molecule has 1 saturated heterocycles. The first-order valence-corrected chi connectivity index (χ1v) is 8.98. The van der Waals surface area contributed by atoms with E-state index in [0.29, 0.717) is 25.5 Å². The van der Waals surface area contributed by atoms with E-state index < -0.39 is 0 Å². The quantitative estimate of drug-likeness (QED) is 0.436. The van der Waals surface area contributed by atoms with E-state index in [0.717, 1.165) is 23.4 Å². The van der Waals surface area contributed by atoms with Gasteiger partial charge in [0.1, 0.15) is 5.82 Å². The number of rotatable bonds is 5. The minimum atomic E-state index is -0.249. The van der Waals surface area contributed by atoms with E-state index >= 15 is 0 Å². The SMILES string of the molecule is CCNC(=NCc1cc(F)ccc1SC)NC1CCC(=O)NC1. The fourth-order valence-corrected chi connectivity index (χ4v) is 2.99. The van der Waals surface area contributed by atoms with Gasteiger partial charge in [-0.1, -0.05) is 0 Å². The number of thioether (sulfide) groups is 1. The van der Waals surface area contributed by atoms with E-state index in [4.69, 9.17) is 0 Å². The predicted molar refractivity (Wildman–Crippen MR) is 92.2 cm³/mol. The van der Waals surface area contributed by atoms with Gasteiger partial charge in [0.05, 0.1) is 6.54 Å². The van der Waals surface area contributed by atoms with Crippen molar-refractivity contribution in [1.29, 1.82) is 0 Å². The molecule has 1 amide bonds. The maximum Gasteiger partial charge on any atom is 0.220 e. The Kier molecular flexibility index (Phi) is 6.70. The van der Waals surface area contributed by atoms with E-state index in [2.05, 4.69) is 20.9 Å². The van der Waals surface area contributed by atoms with Crippen LogP contribution in [-0.2, 0) is 11.3 Å². The van der Waals surface area contributed by atoms with Crippen LogP contribution in [0.25, 0.3) is 0 Å². The largest absolute Gasteiger partial charge is 0.357 e. The molecule has 1 unspecified atom stereocenters. The molecule has 126 valence electrons. The fraction of sp³-hybridized carbons (Fsp3) is 0.500. The van der Waals surface area contributed by atoms with Gasteiger partial charge in [-0.05, 0) is 43.4 Å². The standard InChI is InChI=1S/C16H23FN4OS/c1-3-18-16(21-13-5-7-15(22)19-10-13)20-9-11-8-12(17)4-6-14(11)23-2/h4,6,8,13H,3,5,7,9-10H2,1-2H3,(H,19,22)(H2,18,20,21). The van der Waals surface area contributed by atoms with Gasteiger partial charge in [-0.3, -0.25) is 4.79 Å². The maximum absolute atomic E-state index is 13.4. The van der Waals surface area contributed by atoms with Gasteiger partial charge in [0, 0.05) is 30.4 Å². The molecular formula is C16H23FN4OS. The molecule has 0 saturated carbocycles. The number of nitrogens with one attached hydrogen (secondary N) is 3. The minimum absolute atomic E-state index is 0.0920. The fourth-order valence-electron chi connectivity index (χ4n) is 2.40. The van der Waals surface area contributed by atoms with Crippen LogP contribution in [0.2, 0.25) is 0 Å². The highest BCUT2D eigenvalue weighted by Gasteiger charge is 2.18. The Labute approximate surface area is 140 Å². The normalized spacial score (nSPS) is 18.5. The average molecular weight is 338 g/mol. The Hall–Kier alpha value is -1.76. The first-order valence-electron chi connectivity index (χ1n) is 7.76. The number of carbonyl (C=O) groups excluding carboxylic acids is 1. The molecule has 23 heavy (non-hydrogen) atoms. The number of nitrogens with zero attached hydrogens (tertiary/aromatic N) is 1. The molecule has 0 spiro atoms. The van der Waals surface area contributed by atoms with Gasteiger partial charge >= 0.3 is 0 Å². The van der Waals surface area contributed by atoms with E-state index in [1.165, 1.54) is 12.1 Å². The summed E-state index contributed by atoms with van der Waals surface area (Å²) in [4.78, 5) is 16.8. The third-order valence-corrected chi connectivity index (χ3v) is 4.44. The summed E-state index contributed by atoms with van der Waals surface area (Å²) < 4.78 is 13.4. The van der Waals surface area contributed by atoms with Crippen molar-refractivity contribution in [2.45, 2.75) is 37.2 Å². The van der Waals surface area contributed by atoms with E-state index in [9.17, 15) is 9.18 Å². The zero-order valence-corrected chi connectivity index (χ0v) is 14.3. The lowest BCUT2D eigenvalue weighted by Crippen LogP contribution is -2.51. The lowest BCUT2D eigenvalue weighted by atomic mass is 10.1. The molecular weight excluding hydrogens is 315 g/mol. The number of aliphatic imine (C=N–C) groups is 1. The van der Waals surface area contributed by atoms with Gasteiger partial charge in [0.15, 0.2) is 5.96 Å². The van der Waals surface area contributed by atoms with E-state index in [-0.39, 0.29) is 17.8 Å². The van der Waals surface area contributed by atoms with E-state index in [1.807, 2.05) is 13.2 Å². The van der Waals surface area contributed by atoms with Crippen molar-refractivity contribution >= 4 is 23.6 Å². The van der Waals surface area contributed by atoms with Crippen LogP contribution >= 0.6 is 11.8 Å². The summed E-state index contributed by atoms with van der Waals surface area (Å²) in [6, 6.07) is 4.94. The van der Waals surface area contributed by atoms with Crippen molar-refractivity contribution < 1.29 is 9.18 Å². The lowest BCUT2D eigenvalue weighted by molar-refractivity contribution is -0.122. The Morgan fingerprint density at radius 2 is 2.35 bits per heavy atom. The molecule has 5 nitrogen and oxygen atoms in total. The molecule has 1 aromatic carbocycles. The highest BCUT2D eigenvalue weighted by Crippen LogP contribution is 2.22. The summed E-state index contributed by atoms with van der Waals surface area (Å²) in [6.07, 6.45) is 3.28. The minimum Gasteiger partial charge on any atom is -0.357 e. The molecule has 2 rings (SSSR count). The van der Waals surface area contributed by atoms with Crippen LogP contribution in [0.15, 0.2) is 28.1 Å². The number of amides is 1. The van der Waals surface area contributed by atoms with Crippen LogP contribution in [0.4, 0.5) is 4.39 Å². The summed E-state index contributed by atoms with van der Waals surface area (Å²) >= 11 is 1.58. The molecule has 0 radical (unpaired) electrons. The highest BCUT2D eigenvalue weighted by molar-refractivity contribution is 7.98. The van der Waals surface area contributed by atoms with Crippen LogP contribution in [0.5, 0.6) is 0 Å². The number of halogens is 1. The Bertz CT molecular complexity index is 569. The molecule has 3 N–H and O–H groups in total. The molecule has 1 fully saturated rings. The topological polar surface area (TPSA) is 65.5 Å². The van der Waals surface area contributed by atoms with Crippen molar-refractivity contribution in [3.05, 3.63) is 29.6 Å². The van der Waals surface area contributed by atoms with Crippen LogP contribution in [0.1, 0.15) is 25.3 Å². The molecule has 0 bridgehead atoms. The predicted octanol–water partition coefficient (Wildman–Crippen LogP) is 1.88. The lowest BCUT2D eigenvalue weighted by Gasteiger charge is -2.25. The smallest absolute Gasteiger partial charge is 0.220 e. The zero-order chi connectivity index (χ0) is 16.7. The Morgan fingerprint density at radius 1 is 1.52 bits per heavy atom. The molecule has 7 heteroatoms. The molecule has 1 aromatic rings. The zero-order valence-electron chi connectivity index (χ0n) is 13.5. The first-order chi connectivity index (χ1) is 11.1. The van der Waals surface area contributed by atoms with E-state index in [1.54, 1.807) is 17.8 Å². The monoisotopic (exact) mass is 338 g/mol. The van der Waals surface area contributed by atoms with Crippen molar-refractivity contribution in [3.63, 3.8) is 0 Å². The van der Waals surface area contributed by atoms with Gasteiger partial charge in [0.25, 0.3) is 0 Å². The number of hydrogen-bond acceptors (Lipinski definition) is 3. The summed E-state index contributed by atoms with van der Waals surface area (Å²) in [5.74, 6) is 0.528. The highest BCUT2D eigenvalue weighted by atomic mass is 32.2. The Balaban J connectivity index is 2.03. The molecule has 1 atom stereocenters. The van der Waals surface area contributed by atoms with Gasteiger partial charge in [-0.2, -0.15) is 0 Å². The number of piperidine rings is 1. The average Bonchev–Trinajstić information content (AvgIpc) is 2.55. The first kappa shape index (κ1) is 17.6. The number of hydrogen-bond donors (Lipinski definition) is 3. The van der Waals surface area contributed by atoms with Crippen molar-refractivity contribution in [2.24, 2.45) is 4.99 Å². The number of guanidine groups is 1. The third-order valence-electron chi connectivity index (χ3n) is 3.60. The van der Waals surface area contributed by atoms with Gasteiger partial charge in [-0.15, -0.1) is 11.8 Å². The summed E-state index contributed by atoms with van der Waals surface area (Å²) in [5.41, 5.74) is 0.867. The second-order valence-electron chi connectivity index (χ2n) is 5.34. The van der Waals surface area contributed by atoms with Crippen molar-refractivity contribution in [1.82, 2.24) is 16.0 Å². The van der Waals surface area contributed by atoms with Gasteiger partial charge in [0.2, 0.25) is 5.91 Å². The number of carbonyl (C=O) groups is 1. The second-order valence-corrected chi connectivity index (χ2v) is 6.18. The Morgan fingerprint density at radius 3 is 3.00 bits per heavy atom. The van der Waals surface area contributed by atoms with Gasteiger partial charge < -0.3 is 16.0 Å². The molecule has 0 aromatic heterocycles. The van der Waals surface area contributed by atoms with Crippen LogP contribution in [0.3, 0.4) is 0 Å². The second kappa shape index (κ2) is 8.76. The van der Waals surface area contributed by atoms with Crippen LogP contribution in [0, 0.1) is 5.82 Å².